The van der Waals surface area contributed by atoms with Gasteiger partial charge in [-0.05, 0) is 43.7 Å². The first-order chi connectivity index (χ1) is 14.0. The van der Waals surface area contributed by atoms with Crippen LogP contribution in [0.4, 0.5) is 0 Å². The summed E-state index contributed by atoms with van der Waals surface area (Å²) in [6.07, 6.45) is 0. The van der Waals surface area contributed by atoms with Gasteiger partial charge in [0.25, 0.3) is 0 Å². The predicted octanol–water partition coefficient (Wildman–Crippen LogP) is 3.20. The van der Waals surface area contributed by atoms with E-state index in [0.29, 0.717) is 24.1 Å². The minimum Gasteiger partial charge on any atom is -0.494 e. The Morgan fingerprint density at radius 1 is 1.17 bits per heavy atom. The first kappa shape index (κ1) is 20.7. The van der Waals surface area contributed by atoms with Crippen molar-refractivity contribution >= 4 is 17.7 Å². The maximum Gasteiger partial charge on any atom is 0.235 e. The van der Waals surface area contributed by atoms with E-state index >= 15 is 0 Å². The van der Waals surface area contributed by atoms with Crippen molar-refractivity contribution in [2.45, 2.75) is 30.8 Å². The molecule has 7 nitrogen and oxygen atoms in total. The molecule has 0 aliphatic carbocycles. The molecular weight excluding hydrogens is 386 g/mol. The van der Waals surface area contributed by atoms with Crippen molar-refractivity contribution in [1.29, 1.82) is 0 Å². The van der Waals surface area contributed by atoms with Crippen LogP contribution in [0.25, 0.3) is 11.4 Å². The van der Waals surface area contributed by atoms with Gasteiger partial charge < -0.3 is 15.5 Å². The molecule has 0 fully saturated rings. The molecule has 29 heavy (non-hydrogen) atoms. The standard InChI is InChI=1S/C21H25N5O2S/c1-4-28-18-12-10-17(11-13-18)19-23-24-21(26(19)22)29-15(2)20(27)25(3)14-16-8-6-5-7-9-16/h5-13,15H,4,14,22H2,1-3H3/t15-/m1/s1. The van der Waals surface area contributed by atoms with Crippen molar-refractivity contribution in [3.05, 3.63) is 60.2 Å². The fourth-order valence-corrected chi connectivity index (χ4v) is 3.76. The maximum atomic E-state index is 12.7. The predicted molar refractivity (Wildman–Crippen MR) is 115 cm³/mol. The second-order valence-corrected chi connectivity index (χ2v) is 7.88. The minimum atomic E-state index is -0.344. The van der Waals surface area contributed by atoms with Gasteiger partial charge in [-0.3, -0.25) is 4.79 Å². The van der Waals surface area contributed by atoms with E-state index in [1.807, 2.05) is 68.4 Å². The number of hydrogen-bond donors (Lipinski definition) is 1. The van der Waals surface area contributed by atoms with Crippen LogP contribution in [-0.2, 0) is 11.3 Å². The van der Waals surface area contributed by atoms with Gasteiger partial charge in [0, 0.05) is 19.2 Å². The average molecular weight is 412 g/mol. The third-order valence-corrected chi connectivity index (χ3v) is 5.40. The lowest BCUT2D eigenvalue weighted by Crippen LogP contribution is -2.33. The van der Waals surface area contributed by atoms with E-state index in [2.05, 4.69) is 10.2 Å². The molecule has 2 aromatic carbocycles. The van der Waals surface area contributed by atoms with Crippen LogP contribution in [0.2, 0.25) is 0 Å². The Morgan fingerprint density at radius 2 is 1.86 bits per heavy atom. The Kier molecular flexibility index (Phi) is 6.77. The van der Waals surface area contributed by atoms with E-state index in [-0.39, 0.29) is 11.2 Å². The summed E-state index contributed by atoms with van der Waals surface area (Å²) in [5.74, 6) is 7.52. The minimum absolute atomic E-state index is 0.00414. The van der Waals surface area contributed by atoms with Crippen molar-refractivity contribution in [2.75, 3.05) is 19.5 Å². The van der Waals surface area contributed by atoms with Crippen LogP contribution in [0.5, 0.6) is 5.75 Å². The molecule has 0 saturated heterocycles. The number of nitrogens with two attached hydrogens (primary N) is 1. The molecule has 1 amide bonds. The molecule has 0 unspecified atom stereocenters. The highest BCUT2D eigenvalue weighted by Gasteiger charge is 2.22. The van der Waals surface area contributed by atoms with Crippen molar-refractivity contribution in [2.24, 2.45) is 0 Å². The highest BCUT2D eigenvalue weighted by Crippen LogP contribution is 2.26. The van der Waals surface area contributed by atoms with E-state index in [0.717, 1.165) is 16.9 Å². The number of ether oxygens (including phenoxy) is 1. The highest BCUT2D eigenvalue weighted by molar-refractivity contribution is 8.00. The van der Waals surface area contributed by atoms with Crippen LogP contribution in [0.15, 0.2) is 59.8 Å². The number of aromatic nitrogens is 3. The zero-order valence-corrected chi connectivity index (χ0v) is 17.6. The summed E-state index contributed by atoms with van der Waals surface area (Å²) in [7, 11) is 1.80. The number of rotatable bonds is 8. The summed E-state index contributed by atoms with van der Waals surface area (Å²) in [6, 6.07) is 17.4. The Hall–Kier alpha value is -3.00. The van der Waals surface area contributed by atoms with Gasteiger partial charge in [-0.1, -0.05) is 42.1 Å². The first-order valence-corrected chi connectivity index (χ1v) is 10.3. The highest BCUT2D eigenvalue weighted by atomic mass is 32.2. The number of carbonyl (C=O) groups is 1. The van der Waals surface area contributed by atoms with E-state index in [1.54, 1.807) is 11.9 Å². The monoisotopic (exact) mass is 411 g/mol. The lowest BCUT2D eigenvalue weighted by atomic mass is 10.2. The molecule has 0 radical (unpaired) electrons. The van der Waals surface area contributed by atoms with Gasteiger partial charge in [-0.15, -0.1) is 10.2 Å². The van der Waals surface area contributed by atoms with Gasteiger partial charge in [-0.25, -0.2) is 4.68 Å². The van der Waals surface area contributed by atoms with Crippen LogP contribution in [0.1, 0.15) is 19.4 Å². The van der Waals surface area contributed by atoms with Gasteiger partial charge in [0.15, 0.2) is 5.82 Å². The number of thioether (sulfide) groups is 1. The lowest BCUT2D eigenvalue weighted by molar-refractivity contribution is -0.129. The van der Waals surface area contributed by atoms with Crippen molar-refractivity contribution < 1.29 is 9.53 Å². The molecule has 0 aliphatic heterocycles. The normalized spacial score (nSPS) is 11.8. The molecule has 0 aliphatic rings. The van der Waals surface area contributed by atoms with Gasteiger partial charge in [0.1, 0.15) is 5.75 Å². The summed E-state index contributed by atoms with van der Waals surface area (Å²) in [4.78, 5) is 14.4. The molecule has 1 heterocycles. The molecule has 1 aromatic heterocycles. The molecule has 0 bridgehead atoms. The summed E-state index contributed by atoms with van der Waals surface area (Å²) < 4.78 is 6.87. The lowest BCUT2D eigenvalue weighted by Gasteiger charge is -2.21. The van der Waals surface area contributed by atoms with Gasteiger partial charge in [0.05, 0.1) is 11.9 Å². The second-order valence-electron chi connectivity index (χ2n) is 6.57. The largest absolute Gasteiger partial charge is 0.494 e. The molecule has 3 rings (SSSR count). The van der Waals surface area contributed by atoms with Crippen LogP contribution < -0.4 is 10.6 Å². The van der Waals surface area contributed by atoms with Gasteiger partial charge >= 0.3 is 0 Å². The molecule has 0 saturated carbocycles. The Labute approximate surface area is 174 Å². The topological polar surface area (TPSA) is 86.3 Å². The van der Waals surface area contributed by atoms with Crippen LogP contribution >= 0.6 is 11.8 Å². The Bertz CT molecular complexity index is 943. The summed E-state index contributed by atoms with van der Waals surface area (Å²) in [6.45, 7) is 4.95. The molecule has 152 valence electrons. The van der Waals surface area contributed by atoms with E-state index in [9.17, 15) is 4.79 Å². The van der Waals surface area contributed by atoms with Crippen LogP contribution in [0, 0.1) is 0 Å². The Balaban J connectivity index is 1.66. The van der Waals surface area contributed by atoms with Gasteiger partial charge in [-0.2, -0.15) is 0 Å². The second kappa shape index (κ2) is 9.47. The molecule has 2 N–H and O–H groups in total. The maximum absolute atomic E-state index is 12.7. The SMILES string of the molecule is CCOc1ccc(-c2nnc(S[C@H](C)C(=O)N(C)Cc3ccccc3)n2N)cc1. The summed E-state index contributed by atoms with van der Waals surface area (Å²) >= 11 is 1.29. The first-order valence-electron chi connectivity index (χ1n) is 9.39. The molecule has 3 aromatic rings. The molecule has 8 heteroatoms. The van der Waals surface area contributed by atoms with Crippen molar-refractivity contribution in [3.8, 4) is 17.1 Å². The number of amides is 1. The third kappa shape index (κ3) is 5.08. The number of nitrogens with zero attached hydrogens (tertiary/aromatic N) is 4. The fourth-order valence-electron chi connectivity index (χ4n) is 2.88. The molecule has 0 spiro atoms. The van der Waals surface area contributed by atoms with E-state index in [4.69, 9.17) is 10.6 Å². The fraction of sp³-hybridized carbons (Fsp3) is 0.286. The number of nitrogen functional groups attached to an aromatic ring is 1. The Morgan fingerprint density at radius 3 is 2.52 bits per heavy atom. The van der Waals surface area contributed by atoms with Gasteiger partial charge in [0.2, 0.25) is 11.1 Å². The zero-order valence-electron chi connectivity index (χ0n) is 16.8. The number of carbonyl (C=O) groups excluding carboxylic acids is 1. The van der Waals surface area contributed by atoms with E-state index < -0.39 is 0 Å². The van der Waals surface area contributed by atoms with Crippen LogP contribution in [0.3, 0.4) is 0 Å². The van der Waals surface area contributed by atoms with E-state index in [1.165, 1.54) is 16.4 Å². The third-order valence-electron chi connectivity index (χ3n) is 4.36. The van der Waals surface area contributed by atoms with Crippen molar-refractivity contribution in [1.82, 2.24) is 19.8 Å². The number of benzene rings is 2. The number of hydrogen-bond acceptors (Lipinski definition) is 6. The zero-order chi connectivity index (χ0) is 20.8. The molecule has 1 atom stereocenters. The summed E-state index contributed by atoms with van der Waals surface area (Å²) in [5, 5.41) is 8.50. The average Bonchev–Trinajstić information content (AvgIpc) is 3.09. The quantitative estimate of drug-likeness (QED) is 0.452. The molecular formula is C21H25N5O2S. The summed E-state index contributed by atoms with van der Waals surface area (Å²) in [5.41, 5.74) is 1.91. The smallest absolute Gasteiger partial charge is 0.235 e. The van der Waals surface area contributed by atoms with Crippen molar-refractivity contribution in [3.63, 3.8) is 0 Å². The van der Waals surface area contributed by atoms with Crippen LogP contribution in [-0.4, -0.2) is 44.6 Å².